The number of carbonyl (C=O) groups excluding carboxylic acids is 1. The Balaban J connectivity index is 1.59. The number of nitrogens with one attached hydrogen (secondary N) is 1. The summed E-state index contributed by atoms with van der Waals surface area (Å²) in [4.78, 5) is 26.2. The molecule has 1 aliphatic heterocycles. The molecule has 0 bridgehead atoms. The van der Waals surface area contributed by atoms with Gasteiger partial charge in [-0.2, -0.15) is 18.2 Å². The number of amides is 1. The Labute approximate surface area is 153 Å². The quantitative estimate of drug-likeness (QED) is 0.877. The normalized spacial score (nSPS) is 15.5. The first-order valence-electron chi connectivity index (χ1n) is 8.34. The van der Waals surface area contributed by atoms with Crippen LogP contribution in [0.4, 0.5) is 24.9 Å². The third-order valence-electron chi connectivity index (χ3n) is 4.27. The summed E-state index contributed by atoms with van der Waals surface area (Å²) in [7, 11) is 1.52. The predicted molar refractivity (Wildman–Crippen MR) is 91.4 cm³/mol. The van der Waals surface area contributed by atoms with Gasteiger partial charge in [-0.3, -0.25) is 4.79 Å². The molecule has 3 rings (SSSR count). The summed E-state index contributed by atoms with van der Waals surface area (Å²) in [6, 6.07) is 5.06. The Morgan fingerprint density at radius 3 is 2.63 bits per heavy atom. The van der Waals surface area contributed by atoms with Gasteiger partial charge in [0.1, 0.15) is 11.5 Å². The minimum Gasteiger partial charge on any atom is -0.481 e. The maximum atomic E-state index is 12.7. The van der Waals surface area contributed by atoms with Gasteiger partial charge in [-0.1, -0.05) is 6.07 Å². The number of aromatic nitrogens is 3. The molecule has 2 aromatic heterocycles. The summed E-state index contributed by atoms with van der Waals surface area (Å²) in [5, 5.41) is 2.48. The molecule has 0 unspecified atom stereocenters. The lowest BCUT2D eigenvalue weighted by Crippen LogP contribution is -2.39. The predicted octanol–water partition coefficient (Wildman–Crippen LogP) is 2.75. The monoisotopic (exact) mass is 381 g/mol. The first kappa shape index (κ1) is 18.9. The minimum absolute atomic E-state index is 0.103. The summed E-state index contributed by atoms with van der Waals surface area (Å²) in [6.45, 7) is 1.11. The summed E-state index contributed by atoms with van der Waals surface area (Å²) < 4.78 is 43.2. The van der Waals surface area contributed by atoms with Crippen molar-refractivity contribution >= 4 is 17.7 Å². The Morgan fingerprint density at radius 2 is 1.96 bits per heavy atom. The van der Waals surface area contributed by atoms with Crippen molar-refractivity contribution in [1.82, 2.24) is 15.0 Å². The smallest absolute Gasteiger partial charge is 0.433 e. The van der Waals surface area contributed by atoms with Crippen molar-refractivity contribution in [2.75, 3.05) is 30.4 Å². The zero-order chi connectivity index (χ0) is 19.4. The summed E-state index contributed by atoms with van der Waals surface area (Å²) in [6.07, 6.45) is -1.89. The number of nitrogens with zero attached hydrogens (tertiary/aromatic N) is 4. The summed E-state index contributed by atoms with van der Waals surface area (Å²) in [5.41, 5.74) is -1.04. The highest BCUT2D eigenvalue weighted by Crippen LogP contribution is 2.28. The maximum Gasteiger partial charge on any atom is 0.433 e. The van der Waals surface area contributed by atoms with Gasteiger partial charge < -0.3 is 15.0 Å². The molecule has 1 N–H and O–H groups in total. The van der Waals surface area contributed by atoms with Gasteiger partial charge in [0.25, 0.3) is 0 Å². The van der Waals surface area contributed by atoms with Crippen LogP contribution in [0.3, 0.4) is 0 Å². The number of hydrogen-bond acceptors (Lipinski definition) is 6. The number of pyridine rings is 1. The summed E-state index contributed by atoms with van der Waals surface area (Å²) in [5.74, 6) is 0.216. The van der Waals surface area contributed by atoms with Crippen LogP contribution < -0.4 is 15.0 Å². The minimum atomic E-state index is -4.55. The highest BCUT2D eigenvalue weighted by molar-refractivity contribution is 5.91. The second-order valence-corrected chi connectivity index (χ2v) is 6.06. The lowest BCUT2D eigenvalue weighted by atomic mass is 9.96. The number of ether oxygens (including phenoxy) is 1. The molecule has 0 saturated carbocycles. The molecule has 7 nitrogen and oxygen atoms in total. The molecule has 1 fully saturated rings. The maximum absolute atomic E-state index is 12.7. The highest BCUT2D eigenvalue weighted by atomic mass is 19.4. The highest BCUT2D eigenvalue weighted by Gasteiger charge is 2.33. The van der Waals surface area contributed by atoms with E-state index in [9.17, 15) is 18.0 Å². The van der Waals surface area contributed by atoms with Crippen LogP contribution >= 0.6 is 0 Å². The molecule has 10 heteroatoms. The van der Waals surface area contributed by atoms with E-state index in [1.807, 2.05) is 4.90 Å². The van der Waals surface area contributed by atoms with E-state index < -0.39 is 11.9 Å². The van der Waals surface area contributed by atoms with Crippen LogP contribution in [0.5, 0.6) is 5.88 Å². The number of carbonyl (C=O) groups is 1. The lowest BCUT2D eigenvalue weighted by Gasteiger charge is -2.31. The van der Waals surface area contributed by atoms with Crippen molar-refractivity contribution in [3.8, 4) is 5.88 Å². The Hall–Kier alpha value is -2.91. The first-order chi connectivity index (χ1) is 12.9. The zero-order valence-electron chi connectivity index (χ0n) is 14.5. The van der Waals surface area contributed by atoms with Crippen molar-refractivity contribution in [3.63, 3.8) is 0 Å². The standard InChI is InChI=1S/C17H18F3N5O2/c1-27-14-5-8-21-16(24-14)25-9-6-11(7-10-25)15(26)23-13-4-2-3-12(22-13)17(18,19)20/h2-5,8,11H,6-7,9-10H2,1H3,(H,22,23,26). The average Bonchev–Trinajstić information content (AvgIpc) is 2.67. The van der Waals surface area contributed by atoms with Crippen LogP contribution in [0.2, 0.25) is 0 Å². The van der Waals surface area contributed by atoms with E-state index >= 15 is 0 Å². The van der Waals surface area contributed by atoms with Crippen molar-refractivity contribution in [3.05, 3.63) is 36.2 Å². The number of anilines is 2. The van der Waals surface area contributed by atoms with E-state index in [0.717, 1.165) is 6.07 Å². The van der Waals surface area contributed by atoms with Crippen LogP contribution in [0, 0.1) is 5.92 Å². The van der Waals surface area contributed by atoms with Crippen LogP contribution in [0.1, 0.15) is 18.5 Å². The van der Waals surface area contributed by atoms with Crippen LogP contribution in [0.15, 0.2) is 30.5 Å². The molecule has 3 heterocycles. The molecule has 1 amide bonds. The second-order valence-electron chi connectivity index (χ2n) is 6.06. The van der Waals surface area contributed by atoms with E-state index in [1.54, 1.807) is 12.3 Å². The van der Waals surface area contributed by atoms with Gasteiger partial charge in [0, 0.05) is 31.3 Å². The Morgan fingerprint density at radius 1 is 1.22 bits per heavy atom. The average molecular weight is 381 g/mol. The third kappa shape index (κ3) is 4.63. The van der Waals surface area contributed by atoms with Crippen molar-refractivity contribution in [2.24, 2.45) is 5.92 Å². The fraction of sp³-hybridized carbons (Fsp3) is 0.412. The molecule has 0 atom stereocenters. The number of halogens is 3. The van der Waals surface area contributed by atoms with E-state index in [1.165, 1.54) is 19.2 Å². The molecule has 0 spiro atoms. The van der Waals surface area contributed by atoms with E-state index in [-0.39, 0.29) is 17.6 Å². The summed E-state index contributed by atoms with van der Waals surface area (Å²) >= 11 is 0. The fourth-order valence-electron chi connectivity index (χ4n) is 2.83. The largest absolute Gasteiger partial charge is 0.481 e. The molecule has 1 aliphatic rings. The number of alkyl halides is 3. The third-order valence-corrected chi connectivity index (χ3v) is 4.27. The van der Waals surface area contributed by atoms with Gasteiger partial charge in [-0.25, -0.2) is 9.97 Å². The molecular weight excluding hydrogens is 363 g/mol. The number of methoxy groups -OCH3 is 1. The Kier molecular flexibility index (Phi) is 5.43. The fourth-order valence-corrected chi connectivity index (χ4v) is 2.83. The van der Waals surface area contributed by atoms with Crippen molar-refractivity contribution < 1.29 is 22.7 Å². The molecule has 144 valence electrons. The van der Waals surface area contributed by atoms with Crippen LogP contribution in [-0.4, -0.2) is 41.1 Å². The first-order valence-corrected chi connectivity index (χ1v) is 8.34. The van der Waals surface area contributed by atoms with Gasteiger partial charge in [-0.05, 0) is 25.0 Å². The van der Waals surface area contributed by atoms with Crippen LogP contribution in [-0.2, 0) is 11.0 Å². The van der Waals surface area contributed by atoms with Crippen LogP contribution in [0.25, 0.3) is 0 Å². The van der Waals surface area contributed by atoms with Crippen molar-refractivity contribution in [1.29, 1.82) is 0 Å². The molecule has 1 saturated heterocycles. The van der Waals surface area contributed by atoms with Gasteiger partial charge in [-0.15, -0.1) is 0 Å². The SMILES string of the molecule is COc1ccnc(N2CCC(C(=O)Nc3cccc(C(F)(F)F)n3)CC2)n1. The van der Waals surface area contributed by atoms with Gasteiger partial charge in [0.15, 0.2) is 0 Å². The van der Waals surface area contributed by atoms with Gasteiger partial charge in [0.2, 0.25) is 17.7 Å². The molecular formula is C17H18F3N5O2. The van der Waals surface area contributed by atoms with E-state index in [0.29, 0.717) is 37.8 Å². The molecule has 0 aliphatic carbocycles. The molecule has 0 aromatic carbocycles. The van der Waals surface area contributed by atoms with Gasteiger partial charge >= 0.3 is 6.18 Å². The number of rotatable bonds is 4. The molecule has 2 aromatic rings. The molecule has 0 radical (unpaired) electrons. The Bertz CT molecular complexity index is 807. The van der Waals surface area contributed by atoms with E-state index in [4.69, 9.17) is 4.74 Å². The molecule has 27 heavy (non-hydrogen) atoms. The number of piperidine rings is 1. The van der Waals surface area contributed by atoms with Crippen molar-refractivity contribution in [2.45, 2.75) is 19.0 Å². The second kappa shape index (κ2) is 7.77. The van der Waals surface area contributed by atoms with Gasteiger partial charge in [0.05, 0.1) is 7.11 Å². The lowest BCUT2D eigenvalue weighted by molar-refractivity contribution is -0.141. The van der Waals surface area contributed by atoms with E-state index in [2.05, 4.69) is 20.3 Å². The zero-order valence-corrected chi connectivity index (χ0v) is 14.5. The number of hydrogen-bond donors (Lipinski definition) is 1. The topological polar surface area (TPSA) is 80.2 Å².